The van der Waals surface area contributed by atoms with E-state index < -0.39 is 9.84 Å². The van der Waals surface area contributed by atoms with Crippen molar-refractivity contribution in [2.45, 2.75) is 5.03 Å². The number of pyridine rings is 1. The first kappa shape index (κ1) is 10.6. The number of benzene rings is 1. The summed E-state index contributed by atoms with van der Waals surface area (Å²) in [6, 6.07) is 10.2. The lowest BCUT2D eigenvalue weighted by atomic mass is 10.1. The van der Waals surface area contributed by atoms with Crippen LogP contribution in [0.2, 0.25) is 0 Å². The molecule has 0 fully saturated rings. The standard InChI is InChI=1S/C11H8N2O2S/c1-16(14,15)11-6-8(7-12)9-4-2-3-5-10(9)13-11/h2-6H,1H3. The van der Waals surface area contributed by atoms with Gasteiger partial charge in [0.05, 0.1) is 17.1 Å². The minimum absolute atomic E-state index is 0.0669. The molecule has 1 aromatic carbocycles. The van der Waals surface area contributed by atoms with Gasteiger partial charge in [-0.2, -0.15) is 5.26 Å². The van der Waals surface area contributed by atoms with E-state index in [1.807, 2.05) is 6.07 Å². The largest absolute Gasteiger partial charge is 0.236 e. The molecule has 0 amide bonds. The maximum absolute atomic E-state index is 11.4. The number of aromatic nitrogens is 1. The van der Waals surface area contributed by atoms with E-state index in [9.17, 15) is 8.42 Å². The number of fused-ring (bicyclic) bond motifs is 1. The van der Waals surface area contributed by atoms with Crippen LogP contribution >= 0.6 is 0 Å². The second-order valence-corrected chi connectivity index (χ2v) is 5.37. The van der Waals surface area contributed by atoms with Gasteiger partial charge in [-0.15, -0.1) is 0 Å². The number of hydrogen-bond acceptors (Lipinski definition) is 4. The van der Waals surface area contributed by atoms with Crippen molar-refractivity contribution >= 4 is 20.7 Å². The summed E-state index contributed by atoms with van der Waals surface area (Å²) in [5.74, 6) is 0. The molecule has 0 spiro atoms. The maximum atomic E-state index is 11.4. The molecule has 1 aromatic heterocycles. The Balaban J connectivity index is 2.91. The number of hydrogen-bond donors (Lipinski definition) is 0. The van der Waals surface area contributed by atoms with Crippen molar-refractivity contribution in [3.8, 4) is 6.07 Å². The molecule has 2 aromatic rings. The molecule has 4 nitrogen and oxygen atoms in total. The van der Waals surface area contributed by atoms with Gasteiger partial charge in [-0.3, -0.25) is 0 Å². The predicted octanol–water partition coefficient (Wildman–Crippen LogP) is 1.51. The minimum Gasteiger partial charge on any atom is -0.236 e. The zero-order chi connectivity index (χ0) is 11.8. The Morgan fingerprint density at radius 2 is 2.00 bits per heavy atom. The lowest BCUT2D eigenvalue weighted by Crippen LogP contribution is -2.01. The van der Waals surface area contributed by atoms with Crippen molar-refractivity contribution in [3.63, 3.8) is 0 Å². The first-order chi connectivity index (χ1) is 7.52. The van der Waals surface area contributed by atoms with Gasteiger partial charge in [0.1, 0.15) is 0 Å². The highest BCUT2D eigenvalue weighted by Crippen LogP contribution is 2.19. The van der Waals surface area contributed by atoms with Crippen LogP contribution in [0, 0.1) is 11.3 Å². The molecule has 16 heavy (non-hydrogen) atoms. The summed E-state index contributed by atoms with van der Waals surface area (Å²) in [7, 11) is -3.39. The summed E-state index contributed by atoms with van der Waals surface area (Å²) in [5, 5.41) is 9.55. The first-order valence-corrected chi connectivity index (χ1v) is 6.41. The Morgan fingerprint density at radius 3 is 2.62 bits per heavy atom. The number of nitrogens with zero attached hydrogens (tertiary/aromatic N) is 2. The second kappa shape index (κ2) is 3.58. The smallest absolute Gasteiger partial charge is 0.192 e. The summed E-state index contributed by atoms with van der Waals surface area (Å²) < 4.78 is 22.7. The molecule has 80 valence electrons. The lowest BCUT2D eigenvalue weighted by Gasteiger charge is -2.02. The third-order valence-electron chi connectivity index (χ3n) is 2.19. The van der Waals surface area contributed by atoms with Gasteiger partial charge in [0.25, 0.3) is 0 Å². The van der Waals surface area contributed by atoms with E-state index in [0.717, 1.165) is 6.26 Å². The summed E-state index contributed by atoms with van der Waals surface area (Å²) in [5.41, 5.74) is 0.841. The first-order valence-electron chi connectivity index (χ1n) is 4.52. The monoisotopic (exact) mass is 232 g/mol. The zero-order valence-electron chi connectivity index (χ0n) is 8.51. The number of para-hydroxylation sites is 1. The molecule has 0 saturated carbocycles. The summed E-state index contributed by atoms with van der Waals surface area (Å²) >= 11 is 0. The van der Waals surface area contributed by atoms with Crippen LogP contribution in [0.15, 0.2) is 35.4 Å². The topological polar surface area (TPSA) is 70.8 Å². The third kappa shape index (κ3) is 1.75. The van der Waals surface area contributed by atoms with E-state index in [4.69, 9.17) is 5.26 Å². The molecule has 0 unspecified atom stereocenters. The molecule has 2 rings (SSSR count). The Kier molecular flexibility index (Phi) is 2.37. The van der Waals surface area contributed by atoms with Crippen molar-refractivity contribution in [2.75, 3.05) is 6.26 Å². The molecule has 0 saturated heterocycles. The molecule has 0 radical (unpaired) electrons. The number of sulfone groups is 1. The van der Waals surface area contributed by atoms with Gasteiger partial charge >= 0.3 is 0 Å². The molecule has 0 aliphatic rings. The van der Waals surface area contributed by atoms with Gasteiger partial charge in [0.2, 0.25) is 0 Å². The lowest BCUT2D eigenvalue weighted by molar-refractivity contribution is 0.598. The average Bonchev–Trinajstić information content (AvgIpc) is 2.26. The van der Waals surface area contributed by atoms with Crippen LogP contribution in [0.3, 0.4) is 0 Å². The van der Waals surface area contributed by atoms with Crippen LogP contribution in [0.4, 0.5) is 0 Å². The fourth-order valence-electron chi connectivity index (χ4n) is 1.43. The number of nitriles is 1. The molecule has 0 bridgehead atoms. The van der Waals surface area contributed by atoms with E-state index in [1.54, 1.807) is 24.3 Å². The molecule has 0 aliphatic carbocycles. The fourth-order valence-corrected chi connectivity index (χ4v) is 2.03. The average molecular weight is 232 g/mol. The molecule has 0 N–H and O–H groups in total. The van der Waals surface area contributed by atoms with E-state index in [-0.39, 0.29) is 5.03 Å². The van der Waals surface area contributed by atoms with Crippen molar-refractivity contribution in [2.24, 2.45) is 0 Å². The van der Waals surface area contributed by atoms with Crippen molar-refractivity contribution in [3.05, 3.63) is 35.9 Å². The van der Waals surface area contributed by atoms with Gasteiger partial charge < -0.3 is 0 Å². The van der Waals surface area contributed by atoms with Gasteiger partial charge in [0.15, 0.2) is 14.9 Å². The van der Waals surface area contributed by atoms with E-state index >= 15 is 0 Å². The third-order valence-corrected chi connectivity index (χ3v) is 3.16. The molecule has 5 heteroatoms. The normalized spacial score (nSPS) is 11.2. The second-order valence-electron chi connectivity index (χ2n) is 3.41. The Morgan fingerprint density at radius 1 is 1.31 bits per heavy atom. The molecular formula is C11H8N2O2S. The molecular weight excluding hydrogens is 224 g/mol. The van der Waals surface area contributed by atoms with Crippen LogP contribution < -0.4 is 0 Å². The zero-order valence-corrected chi connectivity index (χ0v) is 9.32. The minimum atomic E-state index is -3.39. The molecule has 1 heterocycles. The van der Waals surface area contributed by atoms with E-state index in [0.29, 0.717) is 16.5 Å². The van der Waals surface area contributed by atoms with Gasteiger partial charge in [-0.1, -0.05) is 18.2 Å². The van der Waals surface area contributed by atoms with Crippen LogP contribution in [0.5, 0.6) is 0 Å². The van der Waals surface area contributed by atoms with E-state index in [1.165, 1.54) is 6.07 Å². The van der Waals surface area contributed by atoms with Gasteiger partial charge in [-0.05, 0) is 12.1 Å². The number of rotatable bonds is 1. The van der Waals surface area contributed by atoms with Gasteiger partial charge in [-0.25, -0.2) is 13.4 Å². The SMILES string of the molecule is CS(=O)(=O)c1cc(C#N)c2ccccc2n1. The Bertz CT molecular complexity index is 699. The van der Waals surface area contributed by atoms with Crippen molar-refractivity contribution in [1.29, 1.82) is 5.26 Å². The summed E-state index contributed by atoms with van der Waals surface area (Å²) in [6.45, 7) is 0. The molecule has 0 aliphatic heterocycles. The predicted molar refractivity (Wildman–Crippen MR) is 59.6 cm³/mol. The van der Waals surface area contributed by atoms with Crippen LogP contribution in [-0.4, -0.2) is 19.7 Å². The summed E-state index contributed by atoms with van der Waals surface area (Å²) in [4.78, 5) is 4.02. The maximum Gasteiger partial charge on any atom is 0.192 e. The highest BCUT2D eigenvalue weighted by Gasteiger charge is 2.12. The van der Waals surface area contributed by atoms with Crippen molar-refractivity contribution in [1.82, 2.24) is 4.98 Å². The fraction of sp³-hybridized carbons (Fsp3) is 0.0909. The Hall–Kier alpha value is -1.93. The van der Waals surface area contributed by atoms with Gasteiger partial charge in [0, 0.05) is 11.6 Å². The van der Waals surface area contributed by atoms with Crippen LogP contribution in [0.1, 0.15) is 5.56 Å². The Labute approximate surface area is 93.1 Å². The van der Waals surface area contributed by atoms with Crippen LogP contribution in [-0.2, 0) is 9.84 Å². The van der Waals surface area contributed by atoms with E-state index in [2.05, 4.69) is 4.98 Å². The highest BCUT2D eigenvalue weighted by atomic mass is 32.2. The highest BCUT2D eigenvalue weighted by molar-refractivity contribution is 7.90. The summed E-state index contributed by atoms with van der Waals surface area (Å²) in [6.07, 6.45) is 1.07. The van der Waals surface area contributed by atoms with Crippen LogP contribution in [0.25, 0.3) is 10.9 Å². The quantitative estimate of drug-likeness (QED) is 0.747. The van der Waals surface area contributed by atoms with Crippen molar-refractivity contribution < 1.29 is 8.42 Å². The molecule has 0 atom stereocenters.